The highest BCUT2D eigenvalue weighted by atomic mass is 16.5. The van der Waals surface area contributed by atoms with E-state index in [1.54, 1.807) is 7.11 Å². The van der Waals surface area contributed by atoms with Crippen LogP contribution in [0, 0.1) is 0 Å². The Balaban J connectivity index is 2.37. The highest BCUT2D eigenvalue weighted by molar-refractivity contribution is 5.88. The maximum atomic E-state index is 6.12. The Kier molecular flexibility index (Phi) is 7.54. The van der Waals surface area contributed by atoms with E-state index < -0.39 is 0 Å². The SMILES string of the molecule is CCC(CC)OC1=NC=C(c2ccc(OC(C)C)cc2OC)N(C)C1NC. The molecule has 1 N–H and O–H groups in total. The van der Waals surface area contributed by atoms with Crippen molar-refractivity contribution in [1.29, 1.82) is 0 Å². The second-order valence-corrected chi connectivity index (χ2v) is 6.87. The Morgan fingerprint density at radius 1 is 1.19 bits per heavy atom. The van der Waals surface area contributed by atoms with Crippen LogP contribution in [0.3, 0.4) is 0 Å². The maximum absolute atomic E-state index is 6.12. The minimum atomic E-state index is -0.137. The number of ether oxygens (including phenoxy) is 3. The van der Waals surface area contributed by atoms with Crippen LogP contribution >= 0.6 is 0 Å². The Morgan fingerprint density at radius 2 is 1.89 bits per heavy atom. The Labute approximate surface area is 163 Å². The van der Waals surface area contributed by atoms with E-state index in [0.29, 0.717) is 5.90 Å². The van der Waals surface area contributed by atoms with Gasteiger partial charge >= 0.3 is 0 Å². The van der Waals surface area contributed by atoms with E-state index in [2.05, 4.69) is 29.1 Å². The summed E-state index contributed by atoms with van der Waals surface area (Å²) in [5.41, 5.74) is 1.92. The second kappa shape index (κ2) is 9.65. The van der Waals surface area contributed by atoms with Crippen molar-refractivity contribution in [3.8, 4) is 11.5 Å². The summed E-state index contributed by atoms with van der Waals surface area (Å²) in [5.74, 6) is 2.23. The maximum Gasteiger partial charge on any atom is 0.227 e. The molecule has 27 heavy (non-hydrogen) atoms. The lowest BCUT2D eigenvalue weighted by atomic mass is 10.1. The van der Waals surface area contributed by atoms with Crippen LogP contribution in [0.25, 0.3) is 5.70 Å². The summed E-state index contributed by atoms with van der Waals surface area (Å²) in [4.78, 5) is 6.73. The van der Waals surface area contributed by atoms with Crippen LogP contribution < -0.4 is 14.8 Å². The van der Waals surface area contributed by atoms with Crippen molar-refractivity contribution in [3.63, 3.8) is 0 Å². The molecule has 150 valence electrons. The largest absolute Gasteiger partial charge is 0.496 e. The molecule has 6 heteroatoms. The first kappa shape index (κ1) is 21.1. The zero-order valence-corrected chi connectivity index (χ0v) is 17.6. The van der Waals surface area contributed by atoms with Gasteiger partial charge in [-0.2, -0.15) is 0 Å². The predicted molar refractivity (Wildman–Crippen MR) is 110 cm³/mol. The first-order valence-electron chi connectivity index (χ1n) is 9.64. The van der Waals surface area contributed by atoms with Gasteiger partial charge < -0.3 is 19.1 Å². The minimum Gasteiger partial charge on any atom is -0.496 e. The molecule has 1 aromatic rings. The van der Waals surface area contributed by atoms with Gasteiger partial charge in [0.2, 0.25) is 5.90 Å². The van der Waals surface area contributed by atoms with Gasteiger partial charge in [-0.25, -0.2) is 4.99 Å². The molecule has 1 atom stereocenters. The van der Waals surface area contributed by atoms with Crippen LogP contribution in [0.15, 0.2) is 29.4 Å². The molecule has 0 bridgehead atoms. The summed E-state index contributed by atoms with van der Waals surface area (Å²) in [5, 5.41) is 3.30. The Hall–Kier alpha value is -2.21. The molecule has 0 radical (unpaired) electrons. The van der Waals surface area contributed by atoms with Crippen molar-refractivity contribution in [2.75, 3.05) is 21.2 Å². The average molecular weight is 376 g/mol. The molecule has 0 saturated heterocycles. The monoisotopic (exact) mass is 375 g/mol. The third kappa shape index (κ3) is 4.95. The van der Waals surface area contributed by atoms with Crippen molar-refractivity contribution in [1.82, 2.24) is 10.2 Å². The Bertz CT molecular complexity index is 681. The molecule has 0 amide bonds. The highest BCUT2D eigenvalue weighted by Gasteiger charge is 2.29. The molecule has 6 nitrogen and oxygen atoms in total. The van der Waals surface area contributed by atoms with Crippen molar-refractivity contribution < 1.29 is 14.2 Å². The van der Waals surface area contributed by atoms with E-state index >= 15 is 0 Å². The molecule has 1 heterocycles. The predicted octanol–water partition coefficient (Wildman–Crippen LogP) is 3.88. The summed E-state index contributed by atoms with van der Waals surface area (Å²) in [6.07, 6.45) is 3.90. The van der Waals surface area contributed by atoms with Gasteiger partial charge in [0.15, 0.2) is 6.17 Å². The van der Waals surface area contributed by atoms with Gasteiger partial charge in [0, 0.05) is 18.7 Å². The number of aliphatic imine (C=N–C) groups is 1. The van der Waals surface area contributed by atoms with Gasteiger partial charge in [-0.15, -0.1) is 0 Å². The lowest BCUT2D eigenvalue weighted by Gasteiger charge is -2.36. The van der Waals surface area contributed by atoms with E-state index in [-0.39, 0.29) is 18.4 Å². The molecule has 0 aromatic heterocycles. The van der Waals surface area contributed by atoms with Crippen LogP contribution in [-0.4, -0.2) is 50.4 Å². The van der Waals surface area contributed by atoms with Crippen LogP contribution in [0.4, 0.5) is 0 Å². The molecule has 1 unspecified atom stereocenters. The minimum absolute atomic E-state index is 0.111. The van der Waals surface area contributed by atoms with Gasteiger partial charge in [0.25, 0.3) is 0 Å². The lowest BCUT2D eigenvalue weighted by molar-refractivity contribution is 0.154. The zero-order valence-electron chi connectivity index (χ0n) is 17.6. The number of hydrogen-bond donors (Lipinski definition) is 1. The quantitative estimate of drug-likeness (QED) is 0.747. The molecule has 1 aliphatic rings. The normalized spacial score (nSPS) is 17.1. The fourth-order valence-corrected chi connectivity index (χ4v) is 3.12. The van der Waals surface area contributed by atoms with Gasteiger partial charge in [0.05, 0.1) is 31.2 Å². The van der Waals surface area contributed by atoms with Crippen LogP contribution in [-0.2, 0) is 4.74 Å². The van der Waals surface area contributed by atoms with Crippen molar-refractivity contribution in [2.45, 2.75) is 58.9 Å². The summed E-state index contributed by atoms with van der Waals surface area (Å²) >= 11 is 0. The molecular weight excluding hydrogens is 342 g/mol. The molecule has 2 rings (SSSR count). The first-order valence-corrected chi connectivity index (χ1v) is 9.64. The van der Waals surface area contributed by atoms with Crippen molar-refractivity contribution in [3.05, 3.63) is 30.0 Å². The smallest absolute Gasteiger partial charge is 0.227 e. The third-order valence-corrected chi connectivity index (χ3v) is 4.61. The Morgan fingerprint density at radius 3 is 2.44 bits per heavy atom. The van der Waals surface area contributed by atoms with Gasteiger partial charge in [-0.05, 0) is 45.9 Å². The summed E-state index contributed by atoms with van der Waals surface area (Å²) in [6.45, 7) is 8.27. The van der Waals surface area contributed by atoms with Crippen LogP contribution in [0.1, 0.15) is 46.1 Å². The third-order valence-electron chi connectivity index (χ3n) is 4.61. The van der Waals surface area contributed by atoms with E-state index in [1.165, 1.54) is 0 Å². The molecule has 0 spiro atoms. The average Bonchev–Trinajstić information content (AvgIpc) is 2.66. The first-order chi connectivity index (χ1) is 12.9. The topological polar surface area (TPSA) is 55.3 Å². The lowest BCUT2D eigenvalue weighted by Crippen LogP contribution is -2.50. The number of nitrogens with one attached hydrogen (secondary N) is 1. The number of nitrogens with zero attached hydrogens (tertiary/aromatic N) is 2. The molecule has 0 saturated carbocycles. The van der Waals surface area contributed by atoms with Gasteiger partial charge in [-0.1, -0.05) is 13.8 Å². The number of methoxy groups -OCH3 is 1. The fraction of sp³-hybridized carbons (Fsp3) is 0.571. The number of hydrogen-bond acceptors (Lipinski definition) is 6. The van der Waals surface area contributed by atoms with Gasteiger partial charge in [0.1, 0.15) is 11.5 Å². The van der Waals surface area contributed by atoms with Crippen LogP contribution in [0.2, 0.25) is 0 Å². The summed E-state index contributed by atoms with van der Waals surface area (Å²) in [6, 6.07) is 5.88. The summed E-state index contributed by atoms with van der Waals surface area (Å²) < 4.78 is 17.5. The zero-order chi connectivity index (χ0) is 20.0. The van der Waals surface area contributed by atoms with Crippen molar-refractivity contribution in [2.24, 2.45) is 4.99 Å². The molecule has 1 aliphatic heterocycles. The second-order valence-electron chi connectivity index (χ2n) is 6.87. The number of likely N-dealkylation sites (N-methyl/N-ethyl adjacent to an activating group) is 2. The number of benzene rings is 1. The van der Waals surface area contributed by atoms with Crippen molar-refractivity contribution >= 4 is 11.6 Å². The van der Waals surface area contributed by atoms with E-state index in [1.807, 2.05) is 52.3 Å². The van der Waals surface area contributed by atoms with Gasteiger partial charge in [-0.3, -0.25) is 5.32 Å². The molecule has 1 aromatic carbocycles. The highest BCUT2D eigenvalue weighted by Crippen LogP contribution is 2.34. The molecule has 0 fully saturated rings. The molecule has 0 aliphatic carbocycles. The van der Waals surface area contributed by atoms with E-state index in [9.17, 15) is 0 Å². The fourth-order valence-electron chi connectivity index (χ4n) is 3.12. The van der Waals surface area contributed by atoms with E-state index in [0.717, 1.165) is 35.6 Å². The van der Waals surface area contributed by atoms with Crippen LogP contribution in [0.5, 0.6) is 11.5 Å². The molecular formula is C21H33N3O3. The van der Waals surface area contributed by atoms with E-state index in [4.69, 9.17) is 14.2 Å². The summed E-state index contributed by atoms with van der Waals surface area (Å²) in [7, 11) is 5.60. The standard InChI is InChI=1S/C21H33N3O3/c1-8-15(9-2)27-21-20(22-5)24(6)18(13-23-21)17-11-10-16(26-14(3)4)12-19(17)25-7/h10-15,20,22H,8-9H2,1-7H3. The number of rotatable bonds is 8.